The van der Waals surface area contributed by atoms with E-state index >= 15 is 0 Å². The Morgan fingerprint density at radius 1 is 1.11 bits per heavy atom. The Hall–Kier alpha value is -2.08. The zero-order chi connectivity index (χ0) is 20.1. The molecule has 0 saturated heterocycles. The van der Waals surface area contributed by atoms with Gasteiger partial charge in [0, 0.05) is 31.8 Å². The Morgan fingerprint density at radius 3 is 2.48 bits per heavy atom. The Bertz CT molecular complexity index is 587. The molecular formula is C21H36N4O2. The minimum Gasteiger partial charge on any atom is -0.378 e. The number of ether oxygens (including phenoxy) is 1. The molecule has 1 unspecified atom stereocenters. The summed E-state index contributed by atoms with van der Waals surface area (Å²) < 4.78 is 5.79. The van der Waals surface area contributed by atoms with Crippen molar-refractivity contribution < 1.29 is 9.53 Å². The molecule has 0 aliphatic carbocycles. The highest BCUT2D eigenvalue weighted by atomic mass is 16.5. The van der Waals surface area contributed by atoms with Crippen molar-refractivity contribution in [1.82, 2.24) is 16.0 Å². The van der Waals surface area contributed by atoms with Crippen molar-refractivity contribution in [2.75, 3.05) is 26.2 Å². The standard InChI is InChI=1S/C21H36N4O2/c1-6-22-20(26)18-11-9-10-17(14-18)15-25-21(23-7-2)24-13-12-19(16(4)5)27-8-3/h9-11,14,16,19H,6-8,12-13,15H2,1-5H3,(H,22,26)(H2,23,24,25). The number of hydrogen-bond donors (Lipinski definition) is 3. The van der Waals surface area contributed by atoms with Crippen molar-refractivity contribution in [2.45, 2.75) is 53.7 Å². The van der Waals surface area contributed by atoms with Gasteiger partial charge in [-0.1, -0.05) is 26.0 Å². The molecule has 0 fully saturated rings. The number of amides is 1. The third kappa shape index (κ3) is 8.91. The molecule has 1 rings (SSSR count). The largest absolute Gasteiger partial charge is 0.378 e. The van der Waals surface area contributed by atoms with Gasteiger partial charge in [-0.15, -0.1) is 0 Å². The lowest BCUT2D eigenvalue weighted by Gasteiger charge is -2.21. The number of carbonyl (C=O) groups is 1. The van der Waals surface area contributed by atoms with Crippen LogP contribution in [0.15, 0.2) is 29.3 Å². The van der Waals surface area contributed by atoms with E-state index in [2.05, 4.69) is 34.8 Å². The zero-order valence-corrected chi connectivity index (χ0v) is 17.5. The maximum Gasteiger partial charge on any atom is 0.251 e. The summed E-state index contributed by atoms with van der Waals surface area (Å²) in [6.45, 7) is 13.8. The van der Waals surface area contributed by atoms with E-state index in [0.29, 0.717) is 24.6 Å². The second-order valence-electron chi connectivity index (χ2n) is 6.71. The van der Waals surface area contributed by atoms with Crippen molar-refractivity contribution in [1.29, 1.82) is 0 Å². The molecule has 0 bridgehead atoms. The average Bonchev–Trinajstić information content (AvgIpc) is 2.65. The van der Waals surface area contributed by atoms with Crippen molar-refractivity contribution in [2.24, 2.45) is 10.9 Å². The molecule has 27 heavy (non-hydrogen) atoms. The number of aliphatic imine (C=N–C) groups is 1. The SMILES string of the molecule is CCNC(=O)c1cccc(CN=C(NCC)NCCC(OCC)C(C)C)c1. The van der Waals surface area contributed by atoms with Crippen LogP contribution in [0, 0.1) is 5.92 Å². The number of guanidine groups is 1. The van der Waals surface area contributed by atoms with Gasteiger partial charge >= 0.3 is 0 Å². The van der Waals surface area contributed by atoms with E-state index in [1.54, 1.807) is 0 Å². The maximum atomic E-state index is 12.0. The van der Waals surface area contributed by atoms with Crippen LogP contribution in [0.1, 0.15) is 57.0 Å². The van der Waals surface area contributed by atoms with Gasteiger partial charge in [0.2, 0.25) is 0 Å². The lowest BCUT2D eigenvalue weighted by Crippen LogP contribution is -2.39. The lowest BCUT2D eigenvalue weighted by atomic mass is 10.0. The number of rotatable bonds is 11. The molecule has 0 saturated carbocycles. The van der Waals surface area contributed by atoms with Crippen LogP contribution in [-0.4, -0.2) is 44.2 Å². The predicted molar refractivity (Wildman–Crippen MR) is 112 cm³/mol. The van der Waals surface area contributed by atoms with Crippen LogP contribution in [-0.2, 0) is 11.3 Å². The van der Waals surface area contributed by atoms with E-state index in [-0.39, 0.29) is 12.0 Å². The maximum absolute atomic E-state index is 12.0. The predicted octanol–water partition coefficient (Wildman–Crippen LogP) is 2.94. The van der Waals surface area contributed by atoms with Crippen LogP contribution < -0.4 is 16.0 Å². The minimum atomic E-state index is -0.0518. The van der Waals surface area contributed by atoms with Crippen molar-refractivity contribution in [3.05, 3.63) is 35.4 Å². The van der Waals surface area contributed by atoms with Gasteiger partial charge < -0.3 is 20.7 Å². The average molecular weight is 377 g/mol. The summed E-state index contributed by atoms with van der Waals surface area (Å²) in [4.78, 5) is 16.6. The fraction of sp³-hybridized carbons (Fsp3) is 0.619. The molecule has 1 aromatic rings. The Kier molecular flexibility index (Phi) is 11.2. The van der Waals surface area contributed by atoms with E-state index in [9.17, 15) is 4.79 Å². The Balaban J connectivity index is 2.65. The minimum absolute atomic E-state index is 0.0518. The van der Waals surface area contributed by atoms with Crippen LogP contribution in [0.3, 0.4) is 0 Å². The van der Waals surface area contributed by atoms with Crippen molar-refractivity contribution in [3.63, 3.8) is 0 Å². The smallest absolute Gasteiger partial charge is 0.251 e. The number of nitrogens with zero attached hydrogens (tertiary/aromatic N) is 1. The van der Waals surface area contributed by atoms with E-state index in [1.165, 1.54) is 0 Å². The van der Waals surface area contributed by atoms with E-state index in [0.717, 1.165) is 37.6 Å². The molecule has 0 spiro atoms. The van der Waals surface area contributed by atoms with E-state index < -0.39 is 0 Å². The summed E-state index contributed by atoms with van der Waals surface area (Å²) >= 11 is 0. The summed E-state index contributed by atoms with van der Waals surface area (Å²) in [5.74, 6) is 1.22. The molecule has 152 valence electrons. The van der Waals surface area contributed by atoms with Crippen LogP contribution in [0.25, 0.3) is 0 Å². The molecule has 0 heterocycles. The monoisotopic (exact) mass is 376 g/mol. The highest BCUT2D eigenvalue weighted by Gasteiger charge is 2.13. The fourth-order valence-corrected chi connectivity index (χ4v) is 2.74. The van der Waals surface area contributed by atoms with Crippen molar-refractivity contribution >= 4 is 11.9 Å². The highest BCUT2D eigenvalue weighted by molar-refractivity contribution is 5.94. The Morgan fingerprint density at radius 2 is 1.85 bits per heavy atom. The van der Waals surface area contributed by atoms with Gasteiger partial charge in [-0.3, -0.25) is 4.79 Å². The fourth-order valence-electron chi connectivity index (χ4n) is 2.74. The summed E-state index contributed by atoms with van der Waals surface area (Å²) in [6, 6.07) is 7.59. The normalized spacial score (nSPS) is 12.7. The molecule has 3 N–H and O–H groups in total. The second kappa shape index (κ2) is 13.1. The van der Waals surface area contributed by atoms with Crippen molar-refractivity contribution in [3.8, 4) is 0 Å². The van der Waals surface area contributed by atoms with E-state index in [1.807, 2.05) is 45.0 Å². The molecule has 1 aromatic carbocycles. The molecule has 0 radical (unpaired) electrons. The highest BCUT2D eigenvalue weighted by Crippen LogP contribution is 2.10. The number of carbonyl (C=O) groups excluding carboxylic acids is 1. The molecule has 0 aliphatic rings. The van der Waals surface area contributed by atoms with Crippen LogP contribution in [0.2, 0.25) is 0 Å². The topological polar surface area (TPSA) is 74.8 Å². The first kappa shape index (κ1) is 23.0. The van der Waals surface area contributed by atoms with Gasteiger partial charge in [0.15, 0.2) is 5.96 Å². The zero-order valence-electron chi connectivity index (χ0n) is 17.5. The van der Waals surface area contributed by atoms with Crippen LogP contribution >= 0.6 is 0 Å². The Labute approximate surface area is 164 Å². The summed E-state index contributed by atoms with van der Waals surface area (Å²) in [5, 5.41) is 9.46. The summed E-state index contributed by atoms with van der Waals surface area (Å²) in [5.41, 5.74) is 1.67. The first-order valence-corrected chi connectivity index (χ1v) is 10.0. The summed E-state index contributed by atoms with van der Waals surface area (Å²) in [6.07, 6.45) is 1.18. The van der Waals surface area contributed by atoms with Crippen LogP contribution in [0.5, 0.6) is 0 Å². The van der Waals surface area contributed by atoms with Gasteiger partial charge in [0.05, 0.1) is 12.6 Å². The third-order valence-electron chi connectivity index (χ3n) is 4.14. The molecule has 1 amide bonds. The van der Waals surface area contributed by atoms with E-state index in [4.69, 9.17) is 4.74 Å². The van der Waals surface area contributed by atoms with Gasteiger partial charge in [-0.05, 0) is 50.8 Å². The molecule has 6 nitrogen and oxygen atoms in total. The van der Waals surface area contributed by atoms with Gasteiger partial charge in [0.1, 0.15) is 0 Å². The van der Waals surface area contributed by atoms with Gasteiger partial charge in [0.25, 0.3) is 5.91 Å². The third-order valence-corrected chi connectivity index (χ3v) is 4.14. The quantitative estimate of drug-likeness (QED) is 0.410. The first-order valence-electron chi connectivity index (χ1n) is 10.0. The molecule has 0 aromatic heterocycles. The molecule has 6 heteroatoms. The number of benzene rings is 1. The molecular weight excluding hydrogens is 340 g/mol. The number of nitrogens with one attached hydrogen (secondary N) is 3. The number of hydrogen-bond acceptors (Lipinski definition) is 3. The van der Waals surface area contributed by atoms with Crippen LogP contribution in [0.4, 0.5) is 0 Å². The second-order valence-corrected chi connectivity index (χ2v) is 6.71. The lowest BCUT2D eigenvalue weighted by molar-refractivity contribution is 0.0258. The molecule has 1 atom stereocenters. The van der Waals surface area contributed by atoms with Gasteiger partial charge in [-0.2, -0.15) is 0 Å². The summed E-state index contributed by atoms with van der Waals surface area (Å²) in [7, 11) is 0. The first-order chi connectivity index (χ1) is 13.0. The molecule has 0 aliphatic heterocycles. The van der Waals surface area contributed by atoms with Gasteiger partial charge in [-0.25, -0.2) is 4.99 Å².